The standard InChI is InChI=1S/C5H5N.3C4H4N2.C4H5N.C4H4O.C4H4S.C3H4N2.C3H3NO.C3H3NS.10C2H6/c1-2-4-6-5-3-1;1-2-6-4-3-5-1;1-2-5-4-6-3-1;1-2-4-6-5-3-1;3*1-2-4-5-3-1;3*1-2-5-3-4-1;10*1-2/h1-5H;3*1-4H;1-5H;2*1-4H;1-3H,(H,4,5);2*1-3H;10*1-2H3. The molecular formula is C58H100N12O2S2. The number of furan rings is 1. The van der Waals surface area contributed by atoms with Gasteiger partial charge in [-0.3, -0.25) is 19.9 Å². The first kappa shape index (κ1) is 89.6. The maximum absolute atomic E-state index is 4.58. The third kappa shape index (κ3) is 120. The molecule has 0 saturated carbocycles. The Bertz CT molecular complexity index is 1310. The highest BCUT2D eigenvalue weighted by atomic mass is 32.1. The summed E-state index contributed by atoms with van der Waals surface area (Å²) in [6, 6.07) is 22.7. The van der Waals surface area contributed by atoms with Gasteiger partial charge in [0, 0.05) is 98.3 Å². The van der Waals surface area contributed by atoms with Gasteiger partial charge in [0.2, 0.25) is 0 Å². The third-order valence-electron chi connectivity index (χ3n) is 4.45. The summed E-state index contributed by atoms with van der Waals surface area (Å²) in [5, 5.41) is 13.1. The minimum absolute atomic E-state index is 1.38. The van der Waals surface area contributed by atoms with E-state index < -0.39 is 0 Å². The van der Waals surface area contributed by atoms with Gasteiger partial charge in [-0.15, -0.1) is 11.3 Å². The molecule has 0 aliphatic heterocycles. The summed E-state index contributed by atoms with van der Waals surface area (Å²) in [6.07, 6.45) is 36.5. The van der Waals surface area contributed by atoms with Crippen LogP contribution in [0.1, 0.15) is 138 Å². The second-order valence-corrected chi connectivity index (χ2v) is 9.89. The largest absolute Gasteiger partial charge is 0.473 e. The van der Waals surface area contributed by atoms with E-state index in [9.17, 15) is 0 Å². The summed E-state index contributed by atoms with van der Waals surface area (Å²) < 4.78 is 9.06. The van der Waals surface area contributed by atoms with Crippen molar-refractivity contribution in [2.75, 3.05) is 0 Å². The van der Waals surface area contributed by atoms with Crippen molar-refractivity contribution in [2.24, 2.45) is 0 Å². The van der Waals surface area contributed by atoms with Crippen molar-refractivity contribution in [3.8, 4) is 0 Å². The Morgan fingerprint density at radius 2 is 0.743 bits per heavy atom. The molecule has 0 radical (unpaired) electrons. The minimum atomic E-state index is 1.38. The summed E-state index contributed by atoms with van der Waals surface area (Å²) in [5.41, 5.74) is 1.79. The van der Waals surface area contributed by atoms with Crippen LogP contribution in [0.15, 0.2) is 240 Å². The van der Waals surface area contributed by atoms with Gasteiger partial charge in [-0.2, -0.15) is 21.5 Å². The first-order valence-electron chi connectivity index (χ1n) is 25.6. The molecule has 2 N–H and O–H groups in total. The fourth-order valence-corrected chi connectivity index (χ4v) is 3.18. The van der Waals surface area contributed by atoms with Crippen LogP contribution >= 0.6 is 22.7 Å². The second-order valence-electron chi connectivity index (χ2n) is 8.32. The lowest BCUT2D eigenvalue weighted by Crippen LogP contribution is -1.69. The number of thiophene rings is 1. The maximum Gasteiger partial charge on any atom is 0.180 e. The fourth-order valence-electron chi connectivity index (χ4n) is 2.37. The van der Waals surface area contributed by atoms with E-state index in [-0.39, 0.29) is 0 Å². The molecule has 0 unspecified atom stereocenters. The molecule has 10 aromatic heterocycles. The van der Waals surface area contributed by atoms with E-state index in [1.165, 1.54) is 19.0 Å². The number of imidazole rings is 1. The monoisotopic (exact) mass is 1060 g/mol. The highest BCUT2D eigenvalue weighted by Gasteiger charge is 1.63. The number of hydrogen-bond donors (Lipinski definition) is 2. The number of oxazole rings is 1. The summed E-state index contributed by atoms with van der Waals surface area (Å²) in [7, 11) is 0. The van der Waals surface area contributed by atoms with Gasteiger partial charge in [0.25, 0.3) is 0 Å². The first-order chi connectivity index (χ1) is 37.0. The Kier molecular flexibility index (Phi) is 153. The molecular weight excluding hydrogens is 961 g/mol. The van der Waals surface area contributed by atoms with E-state index in [0.29, 0.717) is 0 Å². The molecule has 0 fully saturated rings. The zero-order valence-electron chi connectivity index (χ0n) is 49.0. The summed E-state index contributed by atoms with van der Waals surface area (Å²) in [4.78, 5) is 35.2. The number of H-pyrrole nitrogens is 2. The van der Waals surface area contributed by atoms with Crippen LogP contribution in [0.3, 0.4) is 0 Å². The predicted molar refractivity (Wildman–Crippen MR) is 325 cm³/mol. The first-order valence-corrected chi connectivity index (χ1v) is 27.4. The number of rotatable bonds is 0. The molecule has 0 saturated heterocycles. The number of nitrogens with zero attached hydrogens (tertiary/aromatic N) is 10. The number of nitrogens with one attached hydrogen (secondary N) is 2. The number of aromatic nitrogens is 12. The van der Waals surface area contributed by atoms with Gasteiger partial charge in [0.15, 0.2) is 6.39 Å². The van der Waals surface area contributed by atoms with Crippen molar-refractivity contribution < 1.29 is 8.83 Å². The van der Waals surface area contributed by atoms with Crippen LogP contribution in [-0.4, -0.2) is 60.0 Å². The van der Waals surface area contributed by atoms with Crippen LogP contribution in [0.5, 0.6) is 0 Å². The third-order valence-corrected chi connectivity index (χ3v) is 5.60. The molecule has 0 aliphatic rings. The van der Waals surface area contributed by atoms with Gasteiger partial charge in [-0.05, 0) is 65.4 Å². The molecule has 0 amide bonds. The fraction of sp³-hybridized carbons (Fsp3) is 0.345. The van der Waals surface area contributed by atoms with Crippen LogP contribution in [0.25, 0.3) is 0 Å². The zero-order valence-corrected chi connectivity index (χ0v) is 50.7. The van der Waals surface area contributed by atoms with Gasteiger partial charge in [0.05, 0.1) is 30.6 Å². The molecule has 14 nitrogen and oxygen atoms in total. The van der Waals surface area contributed by atoms with Crippen molar-refractivity contribution in [1.82, 2.24) is 60.0 Å². The summed E-state index contributed by atoms with van der Waals surface area (Å²) >= 11 is 3.31. The molecule has 74 heavy (non-hydrogen) atoms. The topological polar surface area (TPSA) is 187 Å². The number of thiazole rings is 1. The minimum Gasteiger partial charge on any atom is -0.473 e. The Labute approximate surface area is 459 Å². The Hall–Kier alpha value is -7.30. The number of aromatic amines is 2. The second kappa shape index (κ2) is 126. The van der Waals surface area contributed by atoms with Crippen molar-refractivity contribution >= 4 is 22.7 Å². The molecule has 0 bridgehead atoms. The van der Waals surface area contributed by atoms with Gasteiger partial charge >= 0.3 is 0 Å². The summed E-state index contributed by atoms with van der Waals surface area (Å²) in [6.45, 7) is 40.0. The summed E-state index contributed by atoms with van der Waals surface area (Å²) in [5.74, 6) is 0. The Balaban J connectivity index is -0.0000000741. The molecule has 10 heterocycles. The quantitative estimate of drug-likeness (QED) is 0.147. The van der Waals surface area contributed by atoms with Crippen LogP contribution in [-0.2, 0) is 0 Å². The molecule has 0 atom stereocenters. The van der Waals surface area contributed by atoms with Crippen molar-refractivity contribution in [3.05, 3.63) is 231 Å². The van der Waals surface area contributed by atoms with Gasteiger partial charge < -0.3 is 18.8 Å². The van der Waals surface area contributed by atoms with E-state index in [4.69, 9.17) is 0 Å². The molecule has 16 heteroatoms. The highest BCUT2D eigenvalue weighted by Crippen LogP contribution is 1.91. The SMILES string of the molecule is CC.CC.CC.CC.CC.CC.CC.CC.CC.CC.c1c[nH]cn1.c1cc[nH]c1.c1ccncc1.c1ccnnc1.c1ccoc1.c1ccsc1.c1cnccn1.c1cncnc1.c1cocn1.c1cscn1. The van der Waals surface area contributed by atoms with Crippen LogP contribution in [0.4, 0.5) is 0 Å². The number of pyridine rings is 1. The van der Waals surface area contributed by atoms with Gasteiger partial charge in [-0.25, -0.2) is 19.9 Å². The predicted octanol–water partition coefficient (Wildman–Crippen LogP) is 19.0. The molecule has 10 aromatic rings. The zero-order chi connectivity index (χ0) is 58.2. The van der Waals surface area contributed by atoms with E-state index in [1.807, 2.05) is 234 Å². The maximum atomic E-state index is 4.58. The van der Waals surface area contributed by atoms with Crippen molar-refractivity contribution in [2.45, 2.75) is 138 Å². The van der Waals surface area contributed by atoms with Crippen molar-refractivity contribution in [1.29, 1.82) is 0 Å². The van der Waals surface area contributed by atoms with Gasteiger partial charge in [-0.1, -0.05) is 157 Å². The lowest BCUT2D eigenvalue weighted by atomic mass is 10.5. The average molecular weight is 1060 g/mol. The highest BCUT2D eigenvalue weighted by molar-refractivity contribution is 7.07. The van der Waals surface area contributed by atoms with E-state index in [2.05, 4.69) is 68.9 Å². The Morgan fingerprint density at radius 1 is 0.284 bits per heavy atom. The van der Waals surface area contributed by atoms with Gasteiger partial charge in [0.1, 0.15) is 12.6 Å². The van der Waals surface area contributed by atoms with E-state index in [0.717, 1.165) is 0 Å². The van der Waals surface area contributed by atoms with Crippen LogP contribution in [0, 0.1) is 0 Å². The Morgan fingerprint density at radius 3 is 0.878 bits per heavy atom. The smallest absolute Gasteiger partial charge is 0.180 e. The van der Waals surface area contributed by atoms with E-state index >= 15 is 0 Å². The van der Waals surface area contributed by atoms with Crippen LogP contribution < -0.4 is 0 Å². The van der Waals surface area contributed by atoms with E-state index in [1.54, 1.807) is 140 Å². The molecule has 0 aromatic carbocycles. The molecule has 416 valence electrons. The van der Waals surface area contributed by atoms with Crippen LogP contribution in [0.2, 0.25) is 0 Å². The number of hydrogen-bond acceptors (Lipinski definition) is 14. The molecule has 0 spiro atoms. The lowest BCUT2D eigenvalue weighted by molar-refractivity contribution is 0.558. The molecule has 10 rings (SSSR count). The van der Waals surface area contributed by atoms with Crippen molar-refractivity contribution in [3.63, 3.8) is 0 Å². The average Bonchev–Trinajstić information content (AvgIpc) is 4.40. The lowest BCUT2D eigenvalue weighted by Gasteiger charge is -1.70. The molecule has 0 aliphatic carbocycles. The normalized spacial score (nSPS) is 6.65.